The Morgan fingerprint density at radius 1 is 1.07 bits per heavy atom. The topological polar surface area (TPSA) is 99.3 Å². The van der Waals surface area contributed by atoms with Crippen LogP contribution < -0.4 is 4.72 Å². The number of carboxylic acid groups (broad SMARTS) is 1. The van der Waals surface area contributed by atoms with Gasteiger partial charge in [0.25, 0.3) is 0 Å². The lowest BCUT2D eigenvalue weighted by Gasteiger charge is -2.23. The molecule has 30 heavy (non-hydrogen) atoms. The van der Waals surface area contributed by atoms with E-state index in [9.17, 15) is 18.3 Å². The number of aromatic carboxylic acids is 1. The molecule has 0 spiro atoms. The van der Waals surface area contributed by atoms with E-state index in [1.807, 2.05) is 0 Å². The smallest absolute Gasteiger partial charge is 0.338 e. The SMILES string of the molecule is O=C(O)c1c(-c2ccc(Cl)c(S(=O)(=O)NC3CCCCC3)c2)[nH]c2c(Cl)cccc12. The lowest BCUT2D eigenvalue weighted by atomic mass is 9.96. The molecule has 2 aromatic carbocycles. The zero-order valence-electron chi connectivity index (χ0n) is 15.9. The molecular formula is C21H20Cl2N2O4S. The monoisotopic (exact) mass is 466 g/mol. The minimum atomic E-state index is -3.86. The van der Waals surface area contributed by atoms with Crippen molar-refractivity contribution >= 4 is 50.1 Å². The molecule has 0 unspecified atom stereocenters. The van der Waals surface area contributed by atoms with Crippen molar-refractivity contribution in [3.63, 3.8) is 0 Å². The van der Waals surface area contributed by atoms with Crippen LogP contribution >= 0.6 is 23.2 Å². The van der Waals surface area contributed by atoms with Crippen LogP contribution in [0.1, 0.15) is 42.5 Å². The number of hydrogen-bond acceptors (Lipinski definition) is 3. The van der Waals surface area contributed by atoms with Crippen LogP contribution in [0.3, 0.4) is 0 Å². The molecule has 0 atom stereocenters. The normalized spacial score (nSPS) is 15.5. The molecule has 0 bridgehead atoms. The molecule has 1 aliphatic rings. The van der Waals surface area contributed by atoms with Gasteiger partial charge in [-0.15, -0.1) is 0 Å². The van der Waals surface area contributed by atoms with Crippen molar-refractivity contribution < 1.29 is 18.3 Å². The molecule has 1 aliphatic carbocycles. The van der Waals surface area contributed by atoms with Gasteiger partial charge in [0.2, 0.25) is 10.0 Å². The average molecular weight is 467 g/mol. The third-order valence-electron chi connectivity index (χ3n) is 5.43. The molecule has 9 heteroatoms. The summed E-state index contributed by atoms with van der Waals surface area (Å²) in [7, 11) is -3.86. The highest BCUT2D eigenvalue weighted by molar-refractivity contribution is 7.89. The van der Waals surface area contributed by atoms with Gasteiger partial charge in [-0.25, -0.2) is 17.9 Å². The lowest BCUT2D eigenvalue weighted by Crippen LogP contribution is -2.36. The summed E-state index contributed by atoms with van der Waals surface area (Å²) in [4.78, 5) is 14.9. The highest BCUT2D eigenvalue weighted by atomic mass is 35.5. The summed E-state index contributed by atoms with van der Waals surface area (Å²) in [5, 5.41) is 10.7. The van der Waals surface area contributed by atoms with Crippen LogP contribution in [0.5, 0.6) is 0 Å². The van der Waals surface area contributed by atoms with E-state index in [-0.39, 0.29) is 27.2 Å². The summed E-state index contributed by atoms with van der Waals surface area (Å²) in [5.74, 6) is -1.14. The number of rotatable bonds is 5. The number of benzene rings is 2. The van der Waals surface area contributed by atoms with Gasteiger partial charge in [0.05, 0.1) is 26.8 Å². The van der Waals surface area contributed by atoms with Gasteiger partial charge in [-0.3, -0.25) is 0 Å². The van der Waals surface area contributed by atoms with Crippen molar-refractivity contribution in [1.82, 2.24) is 9.71 Å². The Morgan fingerprint density at radius 2 is 1.80 bits per heavy atom. The van der Waals surface area contributed by atoms with E-state index in [2.05, 4.69) is 9.71 Å². The number of nitrogens with one attached hydrogen (secondary N) is 2. The Kier molecular flexibility index (Phi) is 5.81. The number of H-pyrrole nitrogens is 1. The summed E-state index contributed by atoms with van der Waals surface area (Å²) in [6.07, 6.45) is 4.66. The fourth-order valence-corrected chi connectivity index (χ4v) is 6.04. The summed E-state index contributed by atoms with van der Waals surface area (Å²) >= 11 is 12.4. The van der Waals surface area contributed by atoms with Crippen LogP contribution in [0.4, 0.5) is 0 Å². The average Bonchev–Trinajstić information content (AvgIpc) is 3.10. The van der Waals surface area contributed by atoms with Crippen molar-refractivity contribution in [2.45, 2.75) is 43.0 Å². The minimum absolute atomic E-state index is 0.0263. The van der Waals surface area contributed by atoms with Crippen LogP contribution in [0, 0.1) is 0 Å². The van der Waals surface area contributed by atoms with E-state index >= 15 is 0 Å². The van der Waals surface area contributed by atoms with E-state index < -0.39 is 16.0 Å². The number of para-hydroxylation sites is 1. The third-order valence-corrected chi connectivity index (χ3v) is 7.75. The van der Waals surface area contributed by atoms with Crippen molar-refractivity contribution in [2.24, 2.45) is 0 Å². The van der Waals surface area contributed by atoms with Gasteiger partial charge in [0.1, 0.15) is 4.90 Å². The maximum atomic E-state index is 13.0. The molecule has 0 amide bonds. The molecule has 4 rings (SSSR count). The molecule has 1 aromatic heterocycles. The molecule has 1 fully saturated rings. The van der Waals surface area contributed by atoms with Crippen LogP contribution in [0.15, 0.2) is 41.3 Å². The van der Waals surface area contributed by atoms with E-state index in [1.54, 1.807) is 24.3 Å². The number of aromatic nitrogens is 1. The summed E-state index contributed by atoms with van der Waals surface area (Å²) < 4.78 is 28.8. The zero-order chi connectivity index (χ0) is 21.5. The molecule has 0 radical (unpaired) electrons. The lowest BCUT2D eigenvalue weighted by molar-refractivity contribution is 0.0700. The Morgan fingerprint density at radius 3 is 2.50 bits per heavy atom. The molecule has 158 valence electrons. The number of carboxylic acids is 1. The van der Waals surface area contributed by atoms with Gasteiger partial charge < -0.3 is 10.1 Å². The zero-order valence-corrected chi connectivity index (χ0v) is 18.2. The second kappa shape index (κ2) is 8.23. The number of hydrogen-bond donors (Lipinski definition) is 3. The molecule has 3 aromatic rings. The van der Waals surface area contributed by atoms with Gasteiger partial charge in [0, 0.05) is 17.0 Å². The number of fused-ring (bicyclic) bond motifs is 1. The molecule has 3 N–H and O–H groups in total. The second-order valence-corrected chi connectivity index (χ2v) is 9.94. The Labute approximate surface area is 184 Å². The quantitative estimate of drug-likeness (QED) is 0.465. The highest BCUT2D eigenvalue weighted by Gasteiger charge is 2.26. The van der Waals surface area contributed by atoms with Crippen molar-refractivity contribution in [3.8, 4) is 11.3 Å². The number of carbonyl (C=O) groups is 1. The first kappa shape index (κ1) is 21.2. The fraction of sp³-hybridized carbons (Fsp3) is 0.286. The summed E-state index contributed by atoms with van der Waals surface area (Å²) in [6, 6.07) is 9.31. The van der Waals surface area contributed by atoms with Crippen molar-refractivity contribution in [1.29, 1.82) is 0 Å². The van der Waals surface area contributed by atoms with Crippen LogP contribution in [0.2, 0.25) is 10.0 Å². The fourth-order valence-electron chi connectivity index (χ4n) is 3.99. The van der Waals surface area contributed by atoms with Gasteiger partial charge in [0.15, 0.2) is 0 Å². The molecule has 1 saturated carbocycles. The molecule has 6 nitrogen and oxygen atoms in total. The summed E-state index contributed by atoms with van der Waals surface area (Å²) in [5.41, 5.74) is 1.18. The number of halogens is 2. The predicted molar refractivity (Wildman–Crippen MR) is 118 cm³/mol. The minimum Gasteiger partial charge on any atom is -0.478 e. The maximum absolute atomic E-state index is 13.0. The highest BCUT2D eigenvalue weighted by Crippen LogP contribution is 2.36. The van der Waals surface area contributed by atoms with E-state index in [0.717, 1.165) is 32.1 Å². The van der Waals surface area contributed by atoms with Crippen molar-refractivity contribution in [2.75, 3.05) is 0 Å². The van der Waals surface area contributed by atoms with Gasteiger partial charge in [-0.2, -0.15) is 0 Å². The Hall–Kier alpha value is -2.06. The molecule has 1 heterocycles. The predicted octanol–water partition coefficient (Wildman–Crippen LogP) is 5.45. The third kappa shape index (κ3) is 3.95. The van der Waals surface area contributed by atoms with Gasteiger partial charge >= 0.3 is 5.97 Å². The molecule has 0 saturated heterocycles. The van der Waals surface area contributed by atoms with Gasteiger partial charge in [-0.05, 0) is 31.0 Å². The van der Waals surface area contributed by atoms with Crippen LogP contribution in [0.25, 0.3) is 22.2 Å². The molecular weight excluding hydrogens is 447 g/mol. The maximum Gasteiger partial charge on any atom is 0.338 e. The number of aromatic amines is 1. The van der Waals surface area contributed by atoms with Crippen molar-refractivity contribution in [3.05, 3.63) is 52.0 Å². The molecule has 0 aliphatic heterocycles. The van der Waals surface area contributed by atoms with Crippen LogP contribution in [-0.2, 0) is 10.0 Å². The van der Waals surface area contributed by atoms with E-state index in [1.165, 1.54) is 12.1 Å². The van der Waals surface area contributed by atoms with E-state index in [0.29, 0.717) is 21.5 Å². The van der Waals surface area contributed by atoms with E-state index in [4.69, 9.17) is 23.2 Å². The first-order chi connectivity index (χ1) is 14.3. The van der Waals surface area contributed by atoms with Gasteiger partial charge in [-0.1, -0.05) is 60.7 Å². The first-order valence-electron chi connectivity index (χ1n) is 9.63. The summed E-state index contributed by atoms with van der Waals surface area (Å²) in [6.45, 7) is 0. The van der Waals surface area contributed by atoms with Crippen LogP contribution in [-0.4, -0.2) is 30.5 Å². The largest absolute Gasteiger partial charge is 0.478 e. The number of sulfonamides is 1. The first-order valence-corrected chi connectivity index (χ1v) is 11.9. The second-order valence-electron chi connectivity index (χ2n) is 7.44. The Bertz CT molecular complexity index is 1230. The standard InChI is InChI=1S/C21H20Cl2N2O4S/c22-15-10-9-12(11-17(15)30(28,29)25-13-5-2-1-3-6-13)19-18(21(26)27)14-7-4-8-16(23)20(14)24-19/h4,7-11,13,24-25H,1-3,5-6H2,(H,26,27). The Balaban J connectivity index is 1.81.